The number of hydrogen-bond acceptors (Lipinski definition) is 3. The van der Waals surface area contributed by atoms with Crippen molar-refractivity contribution in [2.45, 2.75) is 144 Å². The summed E-state index contributed by atoms with van der Waals surface area (Å²) in [4.78, 5) is 0. The van der Waals surface area contributed by atoms with Crippen molar-refractivity contribution in [1.29, 1.82) is 0 Å². The van der Waals surface area contributed by atoms with Crippen LogP contribution in [0.4, 0.5) is 0 Å². The fraction of sp³-hybridized carbons (Fsp3) is 0.550. The maximum absolute atomic E-state index is 7.04. The lowest BCUT2D eigenvalue weighted by molar-refractivity contribution is 0.0774. The Hall–Kier alpha value is -2.51. The van der Waals surface area contributed by atoms with E-state index in [9.17, 15) is 0 Å². The molecule has 0 aliphatic rings. The van der Waals surface area contributed by atoms with Crippen LogP contribution in [-0.4, -0.2) is 0 Å². The molecule has 0 spiro atoms. The van der Waals surface area contributed by atoms with Gasteiger partial charge in [-0.15, -0.1) is 0 Å². The summed E-state index contributed by atoms with van der Waals surface area (Å²) >= 11 is 0. The summed E-state index contributed by atoms with van der Waals surface area (Å²) in [6.45, 7) is 35.5. The van der Waals surface area contributed by atoms with Crippen molar-refractivity contribution in [2.24, 2.45) is 0 Å². The Morgan fingerprint density at radius 2 is 0.682 bits per heavy atom. The van der Waals surface area contributed by atoms with E-state index in [1.54, 1.807) is 0 Å². The van der Waals surface area contributed by atoms with Crippen molar-refractivity contribution in [3.63, 3.8) is 0 Å². The molecule has 0 bridgehead atoms. The second kappa shape index (κ2) is 12.0. The molecular formula is C40H59O3P. The molecule has 3 nitrogen and oxygen atoms in total. The summed E-state index contributed by atoms with van der Waals surface area (Å²) in [5, 5.41) is 0. The predicted octanol–water partition coefficient (Wildman–Crippen LogP) is 11.7. The molecule has 0 aliphatic carbocycles. The highest BCUT2D eigenvalue weighted by Gasteiger charge is 2.35. The zero-order chi connectivity index (χ0) is 33.7. The summed E-state index contributed by atoms with van der Waals surface area (Å²) in [6, 6.07) is 19.6. The Labute approximate surface area is 271 Å². The molecule has 44 heavy (non-hydrogen) atoms. The first kappa shape index (κ1) is 36.0. The van der Waals surface area contributed by atoms with Crippen molar-refractivity contribution >= 4 is 9.47 Å². The van der Waals surface area contributed by atoms with Crippen LogP contribution >= 0.6 is 9.47 Å². The van der Waals surface area contributed by atoms with Crippen LogP contribution in [0.5, 0.6) is 17.2 Å². The molecule has 3 rings (SSSR count). The summed E-state index contributed by atoms with van der Waals surface area (Å²) in [5.74, 6) is 2.48. The topological polar surface area (TPSA) is 27.7 Å². The molecule has 1 atom stereocenters. The van der Waals surface area contributed by atoms with Gasteiger partial charge in [0.2, 0.25) is 0 Å². The zero-order valence-electron chi connectivity index (χ0n) is 30.5. The smallest absolute Gasteiger partial charge is 0.132 e. The predicted molar refractivity (Wildman–Crippen MR) is 192 cm³/mol. The van der Waals surface area contributed by atoms with Gasteiger partial charge >= 0.3 is 0 Å². The first-order valence-electron chi connectivity index (χ1n) is 16.0. The molecule has 4 heteroatoms. The first-order valence-corrected chi connectivity index (χ1v) is 16.4. The van der Waals surface area contributed by atoms with E-state index in [-0.39, 0.29) is 21.7 Å². The molecule has 0 heterocycles. The van der Waals surface area contributed by atoms with Crippen LogP contribution in [-0.2, 0) is 32.9 Å². The molecule has 0 saturated carbocycles. The summed E-state index contributed by atoms with van der Waals surface area (Å²) in [7, 11) is 2.40. The molecule has 0 amide bonds. The lowest BCUT2D eigenvalue weighted by Gasteiger charge is -2.36. The van der Waals surface area contributed by atoms with E-state index in [1.165, 1.54) is 22.3 Å². The molecule has 0 N–H and O–H groups in total. The lowest BCUT2D eigenvalue weighted by Crippen LogP contribution is -2.32. The Morgan fingerprint density at radius 1 is 0.386 bits per heavy atom. The molecule has 0 radical (unpaired) electrons. The van der Waals surface area contributed by atoms with Crippen LogP contribution in [0.2, 0.25) is 0 Å². The lowest BCUT2D eigenvalue weighted by atomic mass is 9.80. The zero-order valence-corrected chi connectivity index (χ0v) is 31.7. The van der Waals surface area contributed by atoms with E-state index in [4.69, 9.17) is 14.0 Å². The molecule has 3 aromatic rings. The van der Waals surface area contributed by atoms with Gasteiger partial charge in [-0.2, -0.15) is 0 Å². The third-order valence-electron chi connectivity index (χ3n) is 8.50. The van der Waals surface area contributed by atoms with Gasteiger partial charge in [-0.1, -0.05) is 107 Å². The molecule has 1 unspecified atom stereocenters. The summed E-state index contributed by atoms with van der Waals surface area (Å²) in [5.41, 5.74) is 5.52. The quantitative estimate of drug-likeness (QED) is 0.247. The van der Waals surface area contributed by atoms with Gasteiger partial charge in [0.15, 0.2) is 0 Å². The molecular weight excluding hydrogens is 559 g/mol. The van der Waals surface area contributed by atoms with Crippen LogP contribution in [0.3, 0.4) is 0 Å². The van der Waals surface area contributed by atoms with Gasteiger partial charge in [0.1, 0.15) is 28.5 Å². The van der Waals surface area contributed by atoms with E-state index in [1.807, 2.05) is 6.07 Å². The highest BCUT2D eigenvalue weighted by atomic mass is 31.0. The fourth-order valence-corrected chi connectivity index (χ4v) is 5.66. The molecule has 0 fully saturated rings. The van der Waals surface area contributed by atoms with Gasteiger partial charge in [0.25, 0.3) is 0 Å². The molecule has 0 saturated heterocycles. The maximum atomic E-state index is 7.04. The average Bonchev–Trinajstić information content (AvgIpc) is 2.85. The van der Waals surface area contributed by atoms with Gasteiger partial charge in [-0.3, -0.25) is 0 Å². The minimum absolute atomic E-state index is 0.00705. The van der Waals surface area contributed by atoms with Crippen molar-refractivity contribution in [3.05, 3.63) is 88.0 Å². The van der Waals surface area contributed by atoms with Gasteiger partial charge in [-0.25, -0.2) is 0 Å². The Morgan fingerprint density at radius 3 is 1.00 bits per heavy atom. The monoisotopic (exact) mass is 618 g/mol. The van der Waals surface area contributed by atoms with Gasteiger partial charge < -0.3 is 14.0 Å². The summed E-state index contributed by atoms with van der Waals surface area (Å²) in [6.07, 6.45) is 0. The van der Waals surface area contributed by atoms with Crippen molar-refractivity contribution in [2.75, 3.05) is 0 Å². The second-order valence-electron chi connectivity index (χ2n) is 17.5. The molecule has 0 aliphatic heterocycles. The minimum atomic E-state index is -0.691. The van der Waals surface area contributed by atoms with Gasteiger partial charge in [0, 0.05) is 11.1 Å². The van der Waals surface area contributed by atoms with E-state index < -0.39 is 11.2 Å². The highest BCUT2D eigenvalue weighted by Crippen LogP contribution is 2.44. The van der Waals surface area contributed by atoms with Crippen molar-refractivity contribution < 1.29 is 14.0 Å². The number of benzene rings is 3. The van der Waals surface area contributed by atoms with Crippen molar-refractivity contribution in [1.82, 2.24) is 0 Å². The third kappa shape index (κ3) is 8.20. The van der Waals surface area contributed by atoms with Gasteiger partial charge in [-0.05, 0) is 102 Å². The first-order chi connectivity index (χ1) is 19.8. The van der Waals surface area contributed by atoms with Crippen LogP contribution in [0, 0.1) is 0 Å². The fourth-order valence-electron chi connectivity index (χ4n) is 5.46. The number of hydrogen-bond donors (Lipinski definition) is 0. The van der Waals surface area contributed by atoms with E-state index in [0.29, 0.717) is 0 Å². The van der Waals surface area contributed by atoms with Crippen LogP contribution in [0.1, 0.15) is 144 Å². The second-order valence-corrected chi connectivity index (χ2v) is 17.7. The maximum Gasteiger partial charge on any atom is 0.132 e. The average molecular weight is 619 g/mol. The molecule has 0 aromatic heterocycles. The molecule has 3 aromatic carbocycles. The Balaban J connectivity index is 2.19. The standard InChI is InChI=1S/C40H59O3P/c1-35(2,3)26-17-20-32(29(23-26)38(10,11)12)41-39(13,14)30-24-27(36(4,5)6)18-21-33(30)42-40(15,16)31-25-28(37(7,8)9)19-22-34(31)43-44/h17-25H,44H2,1-16H3. The van der Waals surface area contributed by atoms with Crippen LogP contribution in [0.25, 0.3) is 0 Å². The Bertz CT molecular complexity index is 1470. The van der Waals surface area contributed by atoms with E-state index in [0.717, 1.165) is 28.4 Å². The number of ether oxygens (including phenoxy) is 2. The Kier molecular flexibility index (Phi) is 9.82. The van der Waals surface area contributed by atoms with E-state index >= 15 is 0 Å². The minimum Gasteiger partial charge on any atom is -0.483 e. The normalized spacial score (nSPS) is 13.6. The van der Waals surface area contributed by atoms with E-state index in [2.05, 4.69) is 169 Å². The number of rotatable bonds is 7. The van der Waals surface area contributed by atoms with Gasteiger partial charge in [0.05, 0.1) is 9.47 Å². The molecule has 242 valence electrons. The van der Waals surface area contributed by atoms with Crippen LogP contribution < -0.4 is 14.0 Å². The SMILES string of the molecule is CC(C)(C)c1ccc(OC(C)(C)c2cc(C(C)(C)C)ccc2OC(C)(C)c2cc(C(C)(C)C)ccc2OP)c(C(C)(C)C)c1. The van der Waals surface area contributed by atoms with Crippen molar-refractivity contribution in [3.8, 4) is 17.2 Å². The van der Waals surface area contributed by atoms with Crippen LogP contribution in [0.15, 0.2) is 54.6 Å². The third-order valence-corrected chi connectivity index (χ3v) is 8.75. The highest BCUT2D eigenvalue weighted by molar-refractivity contribution is 7.10. The summed E-state index contributed by atoms with van der Waals surface area (Å²) < 4.78 is 19.8. The largest absolute Gasteiger partial charge is 0.483 e.